The predicted octanol–water partition coefficient (Wildman–Crippen LogP) is 3.36. The summed E-state index contributed by atoms with van der Waals surface area (Å²) in [5.74, 6) is 0.715. The third kappa shape index (κ3) is 3.31. The third-order valence-corrected chi connectivity index (χ3v) is 4.11. The lowest BCUT2D eigenvalue weighted by Crippen LogP contribution is -2.32. The SMILES string of the molecule is CCC1CCN(C(CN)c2cccc(C(F)F)c2)C1. The molecule has 4 heteroatoms. The first kappa shape index (κ1) is 14.4. The molecule has 2 rings (SSSR count). The van der Waals surface area contributed by atoms with Crippen molar-refractivity contribution in [3.63, 3.8) is 0 Å². The molecule has 1 saturated heterocycles. The normalized spacial score (nSPS) is 22.1. The van der Waals surface area contributed by atoms with Crippen molar-refractivity contribution in [2.75, 3.05) is 19.6 Å². The van der Waals surface area contributed by atoms with Gasteiger partial charge in [0.05, 0.1) is 0 Å². The maximum Gasteiger partial charge on any atom is 0.263 e. The number of rotatable bonds is 5. The molecule has 0 saturated carbocycles. The highest BCUT2D eigenvalue weighted by atomic mass is 19.3. The van der Waals surface area contributed by atoms with Gasteiger partial charge in [0.25, 0.3) is 6.43 Å². The Morgan fingerprint density at radius 1 is 1.37 bits per heavy atom. The summed E-state index contributed by atoms with van der Waals surface area (Å²) in [6, 6.07) is 6.74. The Morgan fingerprint density at radius 3 is 2.68 bits per heavy atom. The molecule has 1 aliphatic heterocycles. The van der Waals surface area contributed by atoms with E-state index in [0.29, 0.717) is 12.5 Å². The van der Waals surface area contributed by atoms with Crippen LogP contribution in [0, 0.1) is 5.92 Å². The monoisotopic (exact) mass is 268 g/mol. The maximum atomic E-state index is 12.8. The highest BCUT2D eigenvalue weighted by Crippen LogP contribution is 2.30. The fraction of sp³-hybridized carbons (Fsp3) is 0.600. The Labute approximate surface area is 113 Å². The first-order valence-corrected chi connectivity index (χ1v) is 6.97. The van der Waals surface area contributed by atoms with Gasteiger partial charge in [0.15, 0.2) is 0 Å². The van der Waals surface area contributed by atoms with Gasteiger partial charge in [0, 0.05) is 24.7 Å². The Hall–Kier alpha value is -1.00. The van der Waals surface area contributed by atoms with Crippen LogP contribution in [-0.4, -0.2) is 24.5 Å². The summed E-state index contributed by atoms with van der Waals surface area (Å²) in [7, 11) is 0. The zero-order valence-corrected chi connectivity index (χ0v) is 11.4. The second-order valence-electron chi connectivity index (χ2n) is 5.28. The van der Waals surface area contributed by atoms with Gasteiger partial charge in [-0.3, -0.25) is 4.90 Å². The van der Waals surface area contributed by atoms with Crippen LogP contribution >= 0.6 is 0 Å². The van der Waals surface area contributed by atoms with Crippen LogP contribution in [0.4, 0.5) is 8.78 Å². The van der Waals surface area contributed by atoms with Crippen molar-refractivity contribution in [1.29, 1.82) is 0 Å². The van der Waals surface area contributed by atoms with Crippen LogP contribution in [0.5, 0.6) is 0 Å². The van der Waals surface area contributed by atoms with Gasteiger partial charge in [-0.25, -0.2) is 8.78 Å². The largest absolute Gasteiger partial charge is 0.329 e. The van der Waals surface area contributed by atoms with E-state index in [0.717, 1.165) is 18.7 Å². The molecule has 1 aromatic rings. The fourth-order valence-electron chi connectivity index (χ4n) is 2.88. The highest BCUT2D eigenvalue weighted by molar-refractivity contribution is 5.27. The van der Waals surface area contributed by atoms with Gasteiger partial charge in [-0.05, 0) is 30.5 Å². The summed E-state index contributed by atoms with van der Waals surface area (Å²) in [5, 5.41) is 0. The molecule has 0 bridgehead atoms. The third-order valence-electron chi connectivity index (χ3n) is 4.11. The molecule has 19 heavy (non-hydrogen) atoms. The lowest BCUT2D eigenvalue weighted by Gasteiger charge is -2.27. The number of nitrogens with two attached hydrogens (primary N) is 1. The molecule has 2 N–H and O–H groups in total. The van der Waals surface area contributed by atoms with E-state index in [1.807, 2.05) is 6.07 Å². The maximum absolute atomic E-state index is 12.8. The summed E-state index contributed by atoms with van der Waals surface area (Å²) in [5.41, 5.74) is 6.87. The lowest BCUT2D eigenvalue weighted by molar-refractivity contribution is 0.151. The fourth-order valence-corrected chi connectivity index (χ4v) is 2.88. The number of nitrogens with zero attached hydrogens (tertiary/aromatic N) is 1. The van der Waals surface area contributed by atoms with Crippen molar-refractivity contribution in [3.8, 4) is 0 Å². The second kappa shape index (κ2) is 6.44. The predicted molar refractivity (Wildman–Crippen MR) is 73.2 cm³/mol. The lowest BCUT2D eigenvalue weighted by atomic mass is 10.0. The standard InChI is InChI=1S/C15H22F2N2/c1-2-11-6-7-19(10-11)14(9-18)12-4-3-5-13(8-12)15(16)17/h3-5,8,11,14-15H,2,6-7,9-10,18H2,1H3. The number of hydrogen-bond donors (Lipinski definition) is 1. The van der Waals surface area contributed by atoms with E-state index >= 15 is 0 Å². The van der Waals surface area contributed by atoms with E-state index in [4.69, 9.17) is 5.73 Å². The number of benzene rings is 1. The minimum absolute atomic E-state index is 0.0650. The minimum atomic E-state index is -2.42. The Kier molecular flexibility index (Phi) is 4.88. The molecular weight excluding hydrogens is 246 g/mol. The van der Waals surface area contributed by atoms with Gasteiger partial charge in [-0.15, -0.1) is 0 Å². The molecule has 0 aromatic heterocycles. The number of hydrogen-bond acceptors (Lipinski definition) is 2. The quantitative estimate of drug-likeness (QED) is 0.887. The summed E-state index contributed by atoms with van der Waals surface area (Å²) in [4.78, 5) is 2.33. The zero-order valence-electron chi connectivity index (χ0n) is 11.4. The van der Waals surface area contributed by atoms with Gasteiger partial charge in [-0.1, -0.05) is 31.5 Å². The van der Waals surface area contributed by atoms with Crippen LogP contribution in [-0.2, 0) is 0 Å². The van der Waals surface area contributed by atoms with Gasteiger partial charge in [0.1, 0.15) is 0 Å². The molecule has 0 amide bonds. The zero-order chi connectivity index (χ0) is 13.8. The molecule has 2 atom stereocenters. The van der Waals surface area contributed by atoms with E-state index in [1.54, 1.807) is 12.1 Å². The average Bonchev–Trinajstić information content (AvgIpc) is 2.89. The van der Waals surface area contributed by atoms with Gasteiger partial charge in [0.2, 0.25) is 0 Å². The summed E-state index contributed by atoms with van der Waals surface area (Å²) in [6.07, 6.45) is -0.0628. The molecule has 1 heterocycles. The minimum Gasteiger partial charge on any atom is -0.329 e. The van der Waals surface area contributed by atoms with E-state index in [9.17, 15) is 8.78 Å². The number of halogens is 2. The van der Waals surface area contributed by atoms with E-state index < -0.39 is 6.43 Å². The van der Waals surface area contributed by atoms with E-state index in [2.05, 4.69) is 11.8 Å². The van der Waals surface area contributed by atoms with Crippen LogP contribution in [0.2, 0.25) is 0 Å². The molecule has 1 fully saturated rings. The smallest absolute Gasteiger partial charge is 0.263 e. The molecule has 0 aliphatic carbocycles. The topological polar surface area (TPSA) is 29.3 Å². The first-order valence-electron chi connectivity index (χ1n) is 6.97. The van der Waals surface area contributed by atoms with Crippen molar-refractivity contribution >= 4 is 0 Å². The van der Waals surface area contributed by atoms with Crippen molar-refractivity contribution < 1.29 is 8.78 Å². The molecule has 1 aromatic carbocycles. The molecule has 2 unspecified atom stereocenters. The molecular formula is C15H22F2N2. The summed E-state index contributed by atoms with van der Waals surface area (Å²) in [6.45, 7) is 4.71. The Bertz CT molecular complexity index is 409. The van der Waals surface area contributed by atoms with Crippen molar-refractivity contribution in [2.24, 2.45) is 11.7 Å². The molecule has 0 spiro atoms. The van der Waals surface area contributed by atoms with Crippen molar-refractivity contribution in [3.05, 3.63) is 35.4 Å². The summed E-state index contributed by atoms with van der Waals surface area (Å²) < 4.78 is 25.5. The first-order chi connectivity index (χ1) is 9.15. The van der Waals surface area contributed by atoms with Crippen LogP contribution in [0.25, 0.3) is 0 Å². The van der Waals surface area contributed by atoms with Gasteiger partial charge >= 0.3 is 0 Å². The van der Waals surface area contributed by atoms with Crippen LogP contribution in [0.1, 0.15) is 43.4 Å². The van der Waals surface area contributed by atoms with Crippen LogP contribution in [0.15, 0.2) is 24.3 Å². The molecule has 0 radical (unpaired) electrons. The highest BCUT2D eigenvalue weighted by Gasteiger charge is 2.27. The molecule has 1 aliphatic rings. The van der Waals surface area contributed by atoms with Crippen LogP contribution < -0.4 is 5.73 Å². The Morgan fingerprint density at radius 2 is 2.11 bits per heavy atom. The number of likely N-dealkylation sites (tertiary alicyclic amines) is 1. The van der Waals surface area contributed by atoms with E-state index in [-0.39, 0.29) is 11.6 Å². The van der Waals surface area contributed by atoms with Crippen molar-refractivity contribution in [1.82, 2.24) is 4.90 Å². The summed E-state index contributed by atoms with van der Waals surface area (Å²) >= 11 is 0. The molecule has 2 nitrogen and oxygen atoms in total. The van der Waals surface area contributed by atoms with Gasteiger partial charge in [-0.2, -0.15) is 0 Å². The Balaban J connectivity index is 2.15. The van der Waals surface area contributed by atoms with Gasteiger partial charge < -0.3 is 5.73 Å². The van der Waals surface area contributed by atoms with E-state index in [1.165, 1.54) is 18.9 Å². The van der Waals surface area contributed by atoms with Crippen molar-refractivity contribution in [2.45, 2.75) is 32.2 Å². The molecule has 106 valence electrons. The number of alkyl halides is 2. The van der Waals surface area contributed by atoms with Crippen LogP contribution in [0.3, 0.4) is 0 Å². The second-order valence-corrected chi connectivity index (χ2v) is 5.28. The average molecular weight is 268 g/mol.